The average molecular weight is 328 g/mol. The van der Waals surface area contributed by atoms with Crippen LogP contribution in [0.1, 0.15) is 47.5 Å². The molecule has 1 saturated heterocycles. The van der Waals surface area contributed by atoms with E-state index in [-0.39, 0.29) is 30.0 Å². The molecule has 1 aromatic carbocycles. The van der Waals surface area contributed by atoms with Crippen LogP contribution >= 0.6 is 0 Å². The van der Waals surface area contributed by atoms with E-state index >= 15 is 0 Å². The summed E-state index contributed by atoms with van der Waals surface area (Å²) in [5.74, 6) is -1.71. The van der Waals surface area contributed by atoms with Gasteiger partial charge in [-0.05, 0) is 11.5 Å². The van der Waals surface area contributed by atoms with Crippen LogP contribution in [0.2, 0.25) is 0 Å². The lowest BCUT2D eigenvalue weighted by Gasteiger charge is -2.15. The van der Waals surface area contributed by atoms with Gasteiger partial charge < -0.3 is 14.5 Å². The molecule has 2 atom stereocenters. The van der Waals surface area contributed by atoms with Crippen molar-refractivity contribution in [1.82, 2.24) is 10.1 Å². The number of hydrogen-bond acceptors (Lipinski definition) is 4. The lowest BCUT2D eigenvalue weighted by molar-refractivity contribution is -0.141. The lowest BCUT2D eigenvalue weighted by Crippen LogP contribution is -2.29. The maximum absolute atomic E-state index is 12.6. The largest absolute Gasteiger partial charge is 0.481 e. The minimum atomic E-state index is -0.889. The molecule has 0 unspecified atom stereocenters. The zero-order valence-electron chi connectivity index (χ0n) is 13.7. The van der Waals surface area contributed by atoms with E-state index in [1.165, 1.54) is 0 Å². The molecule has 1 aliphatic rings. The summed E-state index contributed by atoms with van der Waals surface area (Å²) in [6.45, 7) is 4.46. The summed E-state index contributed by atoms with van der Waals surface area (Å²) >= 11 is 0. The lowest BCUT2D eigenvalue weighted by atomic mass is 9.89. The van der Waals surface area contributed by atoms with Gasteiger partial charge in [0.05, 0.1) is 11.6 Å². The number of carbonyl (C=O) groups is 2. The summed E-state index contributed by atoms with van der Waals surface area (Å²) in [6.07, 6.45) is 0. The molecule has 2 aromatic rings. The Labute approximate surface area is 140 Å². The normalized spacial score (nSPS) is 20.5. The standard InChI is InChI=1S/C18H20N2O4/c1-11(2)15-8-16(24-19-15)17(21)20-9-13(14(10-20)18(22)23)12-6-4-3-5-7-12/h3-8,11,13-14H,9-10H2,1-2H3,(H,22,23)/t13-,14-/m0/s1. The van der Waals surface area contributed by atoms with Crippen molar-refractivity contribution < 1.29 is 19.2 Å². The van der Waals surface area contributed by atoms with Gasteiger partial charge in [-0.25, -0.2) is 0 Å². The van der Waals surface area contributed by atoms with Crippen LogP contribution in [0.25, 0.3) is 0 Å². The Kier molecular flexibility index (Phi) is 4.38. The summed E-state index contributed by atoms with van der Waals surface area (Å²) in [4.78, 5) is 25.8. The van der Waals surface area contributed by atoms with Gasteiger partial charge in [-0.3, -0.25) is 9.59 Å². The van der Waals surface area contributed by atoms with Crippen molar-refractivity contribution in [2.45, 2.75) is 25.7 Å². The second-order valence-corrected chi connectivity index (χ2v) is 6.44. The molecule has 1 aliphatic heterocycles. The summed E-state index contributed by atoms with van der Waals surface area (Å²) in [5, 5.41) is 13.4. The van der Waals surface area contributed by atoms with E-state index in [1.807, 2.05) is 44.2 Å². The third-order valence-corrected chi connectivity index (χ3v) is 4.48. The minimum absolute atomic E-state index is 0.163. The second-order valence-electron chi connectivity index (χ2n) is 6.44. The van der Waals surface area contributed by atoms with Crippen LogP contribution in [0.5, 0.6) is 0 Å². The number of hydrogen-bond donors (Lipinski definition) is 1. The summed E-state index contributed by atoms with van der Waals surface area (Å²) < 4.78 is 5.15. The number of nitrogens with zero attached hydrogens (tertiary/aromatic N) is 2. The number of aliphatic carboxylic acids is 1. The first-order chi connectivity index (χ1) is 11.5. The van der Waals surface area contributed by atoms with Gasteiger partial charge in [-0.2, -0.15) is 0 Å². The fourth-order valence-electron chi connectivity index (χ4n) is 3.08. The molecule has 0 spiro atoms. The monoisotopic (exact) mass is 328 g/mol. The van der Waals surface area contributed by atoms with Crippen LogP contribution in [-0.2, 0) is 4.79 Å². The predicted molar refractivity (Wildman–Crippen MR) is 86.8 cm³/mol. The Balaban J connectivity index is 1.82. The highest BCUT2D eigenvalue weighted by atomic mass is 16.5. The fraction of sp³-hybridized carbons (Fsp3) is 0.389. The molecule has 1 fully saturated rings. The van der Waals surface area contributed by atoms with Crippen molar-refractivity contribution in [2.75, 3.05) is 13.1 Å². The third kappa shape index (κ3) is 3.04. The molecular formula is C18H20N2O4. The van der Waals surface area contributed by atoms with Crippen molar-refractivity contribution >= 4 is 11.9 Å². The van der Waals surface area contributed by atoms with Crippen LogP contribution in [0.4, 0.5) is 0 Å². The number of carbonyl (C=O) groups excluding carboxylic acids is 1. The molecule has 0 saturated carbocycles. The highest BCUT2D eigenvalue weighted by Crippen LogP contribution is 2.33. The van der Waals surface area contributed by atoms with E-state index in [9.17, 15) is 14.7 Å². The van der Waals surface area contributed by atoms with E-state index in [2.05, 4.69) is 5.16 Å². The summed E-state index contributed by atoms with van der Waals surface area (Å²) in [5.41, 5.74) is 1.65. The smallest absolute Gasteiger partial charge is 0.308 e. The van der Waals surface area contributed by atoms with Gasteiger partial charge in [0.1, 0.15) is 0 Å². The number of benzene rings is 1. The van der Waals surface area contributed by atoms with Crippen molar-refractivity contribution in [3.8, 4) is 0 Å². The molecule has 24 heavy (non-hydrogen) atoms. The minimum Gasteiger partial charge on any atom is -0.481 e. The topological polar surface area (TPSA) is 83.6 Å². The van der Waals surface area contributed by atoms with Crippen molar-refractivity contribution in [2.24, 2.45) is 5.92 Å². The first-order valence-corrected chi connectivity index (χ1v) is 8.01. The van der Waals surface area contributed by atoms with Gasteiger partial charge in [0.2, 0.25) is 5.76 Å². The summed E-state index contributed by atoms with van der Waals surface area (Å²) in [7, 11) is 0. The van der Waals surface area contributed by atoms with Gasteiger partial charge in [0.15, 0.2) is 0 Å². The number of amides is 1. The average Bonchev–Trinajstić information content (AvgIpc) is 3.22. The van der Waals surface area contributed by atoms with Gasteiger partial charge in [0, 0.05) is 25.1 Å². The van der Waals surface area contributed by atoms with Crippen molar-refractivity contribution in [3.05, 3.63) is 53.4 Å². The van der Waals surface area contributed by atoms with Gasteiger partial charge in [-0.15, -0.1) is 0 Å². The van der Waals surface area contributed by atoms with Gasteiger partial charge in [-0.1, -0.05) is 49.3 Å². The van der Waals surface area contributed by atoms with Crippen LogP contribution in [-0.4, -0.2) is 40.1 Å². The van der Waals surface area contributed by atoms with Crippen molar-refractivity contribution in [3.63, 3.8) is 0 Å². The molecule has 1 amide bonds. The van der Waals surface area contributed by atoms with Crippen LogP contribution < -0.4 is 0 Å². The Morgan fingerprint density at radius 3 is 2.54 bits per heavy atom. The number of aromatic nitrogens is 1. The van der Waals surface area contributed by atoms with E-state index in [4.69, 9.17) is 4.52 Å². The Morgan fingerprint density at radius 1 is 1.25 bits per heavy atom. The highest BCUT2D eigenvalue weighted by Gasteiger charge is 2.41. The molecular weight excluding hydrogens is 308 g/mol. The maximum atomic E-state index is 12.6. The Morgan fingerprint density at radius 2 is 1.96 bits per heavy atom. The first-order valence-electron chi connectivity index (χ1n) is 8.01. The second kappa shape index (κ2) is 6.47. The maximum Gasteiger partial charge on any atom is 0.308 e. The van der Waals surface area contributed by atoms with E-state index in [0.717, 1.165) is 5.56 Å². The van der Waals surface area contributed by atoms with Gasteiger partial charge >= 0.3 is 5.97 Å². The highest BCUT2D eigenvalue weighted by molar-refractivity contribution is 5.92. The molecule has 3 rings (SSSR count). The number of carboxylic acid groups (broad SMARTS) is 1. The molecule has 0 radical (unpaired) electrons. The van der Waals surface area contributed by atoms with Crippen LogP contribution in [0.15, 0.2) is 40.9 Å². The third-order valence-electron chi connectivity index (χ3n) is 4.48. The quantitative estimate of drug-likeness (QED) is 0.933. The van der Waals surface area contributed by atoms with Gasteiger partial charge in [0.25, 0.3) is 5.91 Å². The Hall–Kier alpha value is -2.63. The van der Waals surface area contributed by atoms with Crippen LogP contribution in [0, 0.1) is 5.92 Å². The molecule has 0 aliphatic carbocycles. The fourth-order valence-corrected chi connectivity index (χ4v) is 3.08. The number of likely N-dealkylation sites (tertiary alicyclic amines) is 1. The predicted octanol–water partition coefficient (Wildman–Crippen LogP) is 2.74. The van der Waals surface area contributed by atoms with Crippen molar-refractivity contribution in [1.29, 1.82) is 0 Å². The summed E-state index contributed by atoms with van der Waals surface area (Å²) in [6, 6.07) is 11.1. The zero-order valence-corrected chi connectivity index (χ0v) is 13.7. The molecule has 6 nitrogen and oxygen atoms in total. The molecule has 0 bridgehead atoms. The van der Waals surface area contributed by atoms with E-state index in [0.29, 0.717) is 12.2 Å². The van der Waals surface area contributed by atoms with E-state index in [1.54, 1.807) is 11.0 Å². The molecule has 1 aromatic heterocycles. The molecule has 1 N–H and O–H groups in total. The van der Waals surface area contributed by atoms with E-state index < -0.39 is 11.9 Å². The molecule has 126 valence electrons. The van der Waals surface area contributed by atoms with Crippen LogP contribution in [0.3, 0.4) is 0 Å². The SMILES string of the molecule is CC(C)c1cc(C(=O)N2C[C@H](C(=O)O)[C@H](c3ccccc3)C2)on1. The molecule has 2 heterocycles. The Bertz CT molecular complexity index is 738. The number of rotatable bonds is 4. The number of carboxylic acids is 1. The molecule has 6 heteroatoms. The zero-order chi connectivity index (χ0) is 17.3. The first kappa shape index (κ1) is 16.2.